The van der Waals surface area contributed by atoms with Crippen molar-refractivity contribution < 1.29 is 28.6 Å². The first-order valence-corrected chi connectivity index (χ1v) is 33.6. The van der Waals surface area contributed by atoms with Crippen molar-refractivity contribution in [3.63, 3.8) is 0 Å². The van der Waals surface area contributed by atoms with Crippen molar-refractivity contribution in [3.05, 3.63) is 170 Å². The van der Waals surface area contributed by atoms with Gasteiger partial charge in [-0.25, -0.2) is 0 Å². The molecule has 0 bridgehead atoms. The van der Waals surface area contributed by atoms with Crippen molar-refractivity contribution >= 4 is 17.9 Å². The Morgan fingerprint density at radius 3 is 0.735 bits per heavy atom. The molecule has 0 heterocycles. The van der Waals surface area contributed by atoms with E-state index in [1.165, 1.54) is 64.2 Å². The second-order valence-electron chi connectivity index (χ2n) is 21.6. The molecule has 0 amide bonds. The first-order chi connectivity index (χ1) is 41.0. The van der Waals surface area contributed by atoms with Crippen molar-refractivity contribution in [2.24, 2.45) is 0 Å². The number of rotatable bonds is 59. The highest BCUT2D eigenvalue weighted by Gasteiger charge is 2.19. The van der Waals surface area contributed by atoms with E-state index >= 15 is 0 Å². The molecule has 0 saturated heterocycles. The molecule has 0 aromatic carbocycles. The van der Waals surface area contributed by atoms with Crippen LogP contribution in [-0.2, 0) is 28.6 Å². The predicted octanol–water partition coefficient (Wildman–Crippen LogP) is 23.4. The summed E-state index contributed by atoms with van der Waals surface area (Å²) in [7, 11) is 0. The fourth-order valence-electron chi connectivity index (χ4n) is 8.76. The van der Waals surface area contributed by atoms with Crippen molar-refractivity contribution in [2.75, 3.05) is 13.2 Å². The van der Waals surface area contributed by atoms with Gasteiger partial charge in [0.05, 0.1) is 0 Å². The molecular formula is C77H122O6. The molecule has 0 rings (SSSR count). The summed E-state index contributed by atoms with van der Waals surface area (Å²) in [6, 6.07) is 0. The van der Waals surface area contributed by atoms with Gasteiger partial charge in [-0.1, -0.05) is 294 Å². The lowest BCUT2D eigenvalue weighted by Gasteiger charge is -2.18. The molecule has 0 aliphatic rings. The van der Waals surface area contributed by atoms with Gasteiger partial charge in [0.25, 0.3) is 0 Å². The van der Waals surface area contributed by atoms with Crippen LogP contribution in [0.4, 0.5) is 0 Å². The van der Waals surface area contributed by atoms with E-state index in [0.717, 1.165) is 173 Å². The number of ether oxygens (including phenoxy) is 3. The molecule has 466 valence electrons. The SMILES string of the molecule is CC/C=C\C/C=C\C/C=C\C/C=C\C/C=C\C/C=C\C/C=C\C/C=C\C/C=C\C/C=C\CCCCCCC(=O)OCC(COC(=O)CCCCCCCCCCCCC)OC(=O)CCCCCCCC/C=C\C/C=C\C/C=C\C/C=C\CC. The third kappa shape index (κ3) is 67.4. The van der Waals surface area contributed by atoms with Gasteiger partial charge in [0.1, 0.15) is 13.2 Å². The Hall–Kier alpha value is -5.23. The molecule has 83 heavy (non-hydrogen) atoms. The molecule has 0 radical (unpaired) electrons. The monoisotopic (exact) mass is 1140 g/mol. The Bertz CT molecular complexity index is 1890. The van der Waals surface area contributed by atoms with E-state index in [1.54, 1.807) is 0 Å². The van der Waals surface area contributed by atoms with Gasteiger partial charge in [-0.3, -0.25) is 14.4 Å². The highest BCUT2D eigenvalue weighted by molar-refractivity contribution is 5.71. The second-order valence-corrected chi connectivity index (χ2v) is 21.6. The van der Waals surface area contributed by atoms with Crippen LogP contribution >= 0.6 is 0 Å². The van der Waals surface area contributed by atoms with Crippen molar-refractivity contribution in [1.82, 2.24) is 0 Å². The van der Waals surface area contributed by atoms with E-state index in [1.807, 2.05) is 0 Å². The summed E-state index contributed by atoms with van der Waals surface area (Å²) in [5.41, 5.74) is 0. The number of carbonyl (C=O) groups excluding carboxylic acids is 3. The Balaban J connectivity index is 4.34. The topological polar surface area (TPSA) is 78.9 Å². The summed E-state index contributed by atoms with van der Waals surface area (Å²) < 4.78 is 16.9. The van der Waals surface area contributed by atoms with Crippen LogP contribution in [0.1, 0.15) is 278 Å². The lowest BCUT2D eigenvalue weighted by Crippen LogP contribution is -2.30. The third-order valence-corrected chi connectivity index (χ3v) is 13.7. The quantitative estimate of drug-likeness (QED) is 0.0261. The van der Waals surface area contributed by atoms with Gasteiger partial charge in [0, 0.05) is 19.3 Å². The van der Waals surface area contributed by atoms with E-state index in [4.69, 9.17) is 14.2 Å². The normalized spacial score (nSPS) is 13.2. The smallest absolute Gasteiger partial charge is 0.306 e. The van der Waals surface area contributed by atoms with Gasteiger partial charge in [0.2, 0.25) is 0 Å². The summed E-state index contributed by atoms with van der Waals surface area (Å²) in [6.45, 7) is 6.37. The van der Waals surface area contributed by atoms with Gasteiger partial charge in [0.15, 0.2) is 6.10 Å². The van der Waals surface area contributed by atoms with E-state index in [2.05, 4.69) is 191 Å². The summed E-state index contributed by atoms with van der Waals surface area (Å²) in [6.07, 6.45) is 102. The molecule has 0 aromatic heterocycles. The number of allylic oxidation sites excluding steroid dienone is 28. The van der Waals surface area contributed by atoms with Crippen LogP contribution in [0.15, 0.2) is 170 Å². The molecule has 0 aliphatic carbocycles. The minimum Gasteiger partial charge on any atom is -0.462 e. The molecule has 6 nitrogen and oxygen atoms in total. The van der Waals surface area contributed by atoms with Gasteiger partial charge in [-0.2, -0.15) is 0 Å². The van der Waals surface area contributed by atoms with Crippen molar-refractivity contribution in [2.45, 2.75) is 284 Å². The van der Waals surface area contributed by atoms with Crippen molar-refractivity contribution in [1.29, 1.82) is 0 Å². The zero-order chi connectivity index (χ0) is 59.9. The Labute approximate surface area is 511 Å². The Kier molecular flexibility index (Phi) is 64.9. The zero-order valence-corrected chi connectivity index (χ0v) is 53.4. The number of unbranched alkanes of at least 4 members (excludes halogenated alkanes) is 20. The molecule has 1 atom stereocenters. The lowest BCUT2D eigenvalue weighted by atomic mass is 10.1. The largest absolute Gasteiger partial charge is 0.462 e. The van der Waals surface area contributed by atoms with Crippen LogP contribution in [0.25, 0.3) is 0 Å². The van der Waals surface area contributed by atoms with Crippen LogP contribution in [0, 0.1) is 0 Å². The zero-order valence-electron chi connectivity index (χ0n) is 53.4. The summed E-state index contributed by atoms with van der Waals surface area (Å²) in [4.78, 5) is 38.3. The minimum absolute atomic E-state index is 0.0966. The average molecular weight is 1140 g/mol. The first-order valence-electron chi connectivity index (χ1n) is 33.6. The summed E-state index contributed by atoms with van der Waals surface area (Å²) in [5, 5.41) is 0. The van der Waals surface area contributed by atoms with E-state index in [0.29, 0.717) is 19.3 Å². The van der Waals surface area contributed by atoms with Gasteiger partial charge in [-0.15, -0.1) is 0 Å². The lowest BCUT2D eigenvalue weighted by molar-refractivity contribution is -0.167. The highest BCUT2D eigenvalue weighted by atomic mass is 16.6. The maximum absolute atomic E-state index is 12.9. The number of hydrogen-bond acceptors (Lipinski definition) is 6. The Morgan fingerprint density at radius 1 is 0.253 bits per heavy atom. The van der Waals surface area contributed by atoms with E-state index in [-0.39, 0.29) is 31.1 Å². The van der Waals surface area contributed by atoms with Crippen molar-refractivity contribution in [3.8, 4) is 0 Å². The molecule has 6 heteroatoms. The van der Waals surface area contributed by atoms with Crippen LogP contribution in [0.2, 0.25) is 0 Å². The number of esters is 3. The molecule has 1 unspecified atom stereocenters. The van der Waals surface area contributed by atoms with E-state index in [9.17, 15) is 14.4 Å². The fraction of sp³-hybridized carbons (Fsp3) is 0.597. The van der Waals surface area contributed by atoms with Gasteiger partial charge in [-0.05, 0) is 135 Å². The predicted molar refractivity (Wildman–Crippen MR) is 361 cm³/mol. The first kappa shape index (κ1) is 77.8. The second kappa shape index (κ2) is 69.3. The minimum atomic E-state index is -0.804. The molecule has 0 spiro atoms. The molecule has 0 fully saturated rings. The summed E-state index contributed by atoms with van der Waals surface area (Å²) in [5.74, 6) is -0.940. The fourth-order valence-corrected chi connectivity index (χ4v) is 8.76. The number of carbonyl (C=O) groups is 3. The molecule has 0 saturated carbocycles. The van der Waals surface area contributed by atoms with Crippen LogP contribution < -0.4 is 0 Å². The van der Waals surface area contributed by atoms with Crippen LogP contribution in [0.5, 0.6) is 0 Å². The van der Waals surface area contributed by atoms with E-state index < -0.39 is 6.10 Å². The molecule has 0 aromatic rings. The van der Waals surface area contributed by atoms with Crippen LogP contribution in [-0.4, -0.2) is 37.2 Å². The number of hydrogen-bond donors (Lipinski definition) is 0. The molecular weight excluding hydrogens is 1020 g/mol. The maximum atomic E-state index is 12.9. The third-order valence-electron chi connectivity index (χ3n) is 13.7. The molecule has 0 aliphatic heterocycles. The summed E-state index contributed by atoms with van der Waals surface area (Å²) >= 11 is 0. The standard InChI is InChI=1S/C77H122O6/c1-4-7-10-13-16-19-22-24-26-28-30-31-32-33-34-35-36-37-38-39-40-41-42-43-44-45-47-48-50-52-55-58-61-64-67-70-76(79)82-73-74(72-81-75(78)69-66-63-60-57-54-21-18-15-12-9-6-3)83-77(80)71-68-65-62-59-56-53-51-49-46-29-27-25-23-20-17-14-11-8-5-2/h7-8,10-11,16-17,19-20,24-27,30-31,33-34,36-37,39-40,42-43,45-47,49-50,52,74H,4-6,9,12-15,18,21-23,28-29,32,35,38,41,44,48,51,53-73H2,1-3H3/b10-7-,11-8-,19-16-,20-17-,26-24-,27-25-,31-30-,34-33-,37-36-,40-39-,43-42-,47-45-,49-46-,52-50-. The Morgan fingerprint density at radius 2 is 0.470 bits per heavy atom. The van der Waals surface area contributed by atoms with Gasteiger partial charge >= 0.3 is 17.9 Å². The van der Waals surface area contributed by atoms with Crippen LogP contribution in [0.3, 0.4) is 0 Å². The van der Waals surface area contributed by atoms with Gasteiger partial charge < -0.3 is 14.2 Å². The molecule has 0 N–H and O–H groups in total. The maximum Gasteiger partial charge on any atom is 0.306 e. The average Bonchev–Trinajstić information content (AvgIpc) is 3.48. The highest BCUT2D eigenvalue weighted by Crippen LogP contribution is 2.15.